The zero-order valence-corrected chi connectivity index (χ0v) is 8.08. The van der Waals surface area contributed by atoms with E-state index in [0.29, 0.717) is 11.8 Å². The minimum absolute atomic E-state index is 0.452. The summed E-state index contributed by atoms with van der Waals surface area (Å²) in [6, 6.07) is 0. The van der Waals surface area contributed by atoms with Crippen LogP contribution < -0.4 is 5.32 Å². The molecule has 0 aromatic carbocycles. The molecule has 1 N–H and O–H groups in total. The Bertz CT molecular complexity index is 278. The molecule has 0 amide bonds. The number of aromatic nitrogens is 2. The molecule has 0 radical (unpaired) electrons. The fourth-order valence-corrected chi connectivity index (χ4v) is 1.34. The Kier molecular flexibility index (Phi) is 2.31. The van der Waals surface area contributed by atoms with Crippen molar-refractivity contribution in [2.45, 2.75) is 26.2 Å². The van der Waals surface area contributed by atoms with Gasteiger partial charge in [-0.25, -0.2) is 0 Å². The lowest BCUT2D eigenvalue weighted by molar-refractivity contribution is 0.305. The molecule has 72 valence electrons. The Morgan fingerprint density at radius 3 is 2.85 bits per heavy atom. The molecule has 1 aromatic heterocycles. The Hall–Kier alpha value is -0.900. The summed E-state index contributed by atoms with van der Waals surface area (Å²) in [5.74, 6) is 2.68. The van der Waals surface area contributed by atoms with Gasteiger partial charge in [-0.2, -0.15) is 4.98 Å². The molecule has 4 heteroatoms. The maximum Gasteiger partial charge on any atom is 0.232 e. The van der Waals surface area contributed by atoms with Crippen LogP contribution in [-0.2, 0) is 6.42 Å². The second-order valence-electron chi connectivity index (χ2n) is 4.00. The van der Waals surface area contributed by atoms with Crippen LogP contribution in [0.3, 0.4) is 0 Å². The second kappa shape index (κ2) is 3.46. The minimum atomic E-state index is 0.452. The first-order valence-corrected chi connectivity index (χ1v) is 4.79. The van der Waals surface area contributed by atoms with Gasteiger partial charge in [0.05, 0.1) is 5.92 Å². The standard InChI is InChI=1S/C9H15N3O/c1-6(2)3-8-11-9(13-12-8)7-4-10-5-7/h6-7,10H,3-5H2,1-2H3. The third-order valence-corrected chi connectivity index (χ3v) is 2.21. The molecule has 0 spiro atoms. The van der Waals surface area contributed by atoms with Crippen LogP contribution in [0.2, 0.25) is 0 Å². The van der Waals surface area contributed by atoms with Crippen LogP contribution >= 0.6 is 0 Å². The topological polar surface area (TPSA) is 51.0 Å². The normalized spacial score (nSPS) is 17.8. The maximum absolute atomic E-state index is 5.17. The van der Waals surface area contributed by atoms with E-state index >= 15 is 0 Å². The van der Waals surface area contributed by atoms with Crippen LogP contribution in [0.1, 0.15) is 31.5 Å². The predicted molar refractivity (Wildman–Crippen MR) is 48.5 cm³/mol. The smallest absolute Gasteiger partial charge is 0.232 e. The number of rotatable bonds is 3. The Morgan fingerprint density at radius 2 is 2.31 bits per heavy atom. The van der Waals surface area contributed by atoms with Gasteiger partial charge in [-0.3, -0.25) is 0 Å². The van der Waals surface area contributed by atoms with Gasteiger partial charge in [0.1, 0.15) is 0 Å². The molecular weight excluding hydrogens is 166 g/mol. The molecule has 0 aliphatic carbocycles. The lowest BCUT2D eigenvalue weighted by atomic mass is 10.0. The first kappa shape index (κ1) is 8.69. The zero-order valence-electron chi connectivity index (χ0n) is 8.08. The molecule has 0 saturated carbocycles. The molecule has 2 rings (SSSR count). The number of nitrogens with one attached hydrogen (secondary N) is 1. The van der Waals surface area contributed by atoms with Crippen molar-refractivity contribution in [3.05, 3.63) is 11.7 Å². The molecule has 0 atom stereocenters. The Balaban J connectivity index is 2.00. The highest BCUT2D eigenvalue weighted by molar-refractivity contribution is 5.01. The van der Waals surface area contributed by atoms with Gasteiger partial charge in [-0.1, -0.05) is 19.0 Å². The third kappa shape index (κ3) is 1.88. The summed E-state index contributed by atoms with van der Waals surface area (Å²) in [4.78, 5) is 4.35. The van der Waals surface area contributed by atoms with Crippen molar-refractivity contribution in [3.63, 3.8) is 0 Å². The Morgan fingerprint density at radius 1 is 1.54 bits per heavy atom. The molecule has 0 unspecified atom stereocenters. The van der Waals surface area contributed by atoms with Gasteiger partial charge in [0.2, 0.25) is 5.89 Å². The van der Waals surface area contributed by atoms with Crippen molar-refractivity contribution in [2.75, 3.05) is 13.1 Å². The molecule has 4 nitrogen and oxygen atoms in total. The van der Waals surface area contributed by atoms with E-state index in [0.717, 1.165) is 31.2 Å². The maximum atomic E-state index is 5.17. The van der Waals surface area contributed by atoms with E-state index in [1.54, 1.807) is 0 Å². The fraction of sp³-hybridized carbons (Fsp3) is 0.778. The average Bonchev–Trinajstić information content (AvgIpc) is 2.31. The molecule has 1 saturated heterocycles. The van der Waals surface area contributed by atoms with Crippen LogP contribution in [0, 0.1) is 5.92 Å². The van der Waals surface area contributed by atoms with E-state index in [-0.39, 0.29) is 0 Å². The highest BCUT2D eigenvalue weighted by atomic mass is 16.5. The molecule has 1 aromatic rings. The van der Waals surface area contributed by atoms with Gasteiger partial charge in [0.25, 0.3) is 0 Å². The van der Waals surface area contributed by atoms with Crippen LogP contribution in [0.4, 0.5) is 0 Å². The van der Waals surface area contributed by atoms with Crippen molar-refractivity contribution in [1.29, 1.82) is 0 Å². The van der Waals surface area contributed by atoms with E-state index < -0.39 is 0 Å². The number of hydrogen-bond acceptors (Lipinski definition) is 4. The van der Waals surface area contributed by atoms with Crippen LogP contribution in [0.25, 0.3) is 0 Å². The van der Waals surface area contributed by atoms with Gasteiger partial charge in [0, 0.05) is 19.5 Å². The second-order valence-corrected chi connectivity index (χ2v) is 4.00. The summed E-state index contributed by atoms with van der Waals surface area (Å²) in [5, 5.41) is 7.13. The predicted octanol–water partition coefficient (Wildman–Crippen LogP) is 0.955. The van der Waals surface area contributed by atoms with E-state index in [1.807, 2.05) is 0 Å². The molecular formula is C9H15N3O. The van der Waals surface area contributed by atoms with Crippen LogP contribution in [0.5, 0.6) is 0 Å². The highest BCUT2D eigenvalue weighted by Gasteiger charge is 2.24. The number of hydrogen-bond donors (Lipinski definition) is 1. The molecule has 1 aliphatic heterocycles. The summed E-state index contributed by atoms with van der Waals surface area (Å²) in [7, 11) is 0. The average molecular weight is 181 g/mol. The van der Waals surface area contributed by atoms with Gasteiger partial charge < -0.3 is 9.84 Å². The van der Waals surface area contributed by atoms with Gasteiger partial charge in [-0.15, -0.1) is 0 Å². The summed E-state index contributed by atoms with van der Waals surface area (Å²) < 4.78 is 5.17. The zero-order chi connectivity index (χ0) is 9.26. The molecule has 1 fully saturated rings. The monoisotopic (exact) mass is 181 g/mol. The largest absolute Gasteiger partial charge is 0.339 e. The van der Waals surface area contributed by atoms with Crippen molar-refractivity contribution in [2.24, 2.45) is 5.92 Å². The lowest BCUT2D eigenvalue weighted by Gasteiger charge is -2.22. The van der Waals surface area contributed by atoms with Crippen molar-refractivity contribution in [1.82, 2.24) is 15.5 Å². The van der Waals surface area contributed by atoms with Gasteiger partial charge in [0.15, 0.2) is 5.82 Å². The lowest BCUT2D eigenvalue weighted by Crippen LogP contribution is -2.40. The summed E-state index contributed by atoms with van der Waals surface area (Å²) >= 11 is 0. The van der Waals surface area contributed by atoms with Crippen LogP contribution in [-0.4, -0.2) is 23.2 Å². The number of nitrogens with zero attached hydrogens (tertiary/aromatic N) is 2. The third-order valence-electron chi connectivity index (χ3n) is 2.21. The van der Waals surface area contributed by atoms with Crippen molar-refractivity contribution in [3.8, 4) is 0 Å². The van der Waals surface area contributed by atoms with Gasteiger partial charge >= 0.3 is 0 Å². The highest BCUT2D eigenvalue weighted by Crippen LogP contribution is 2.17. The Labute approximate surface area is 77.7 Å². The SMILES string of the molecule is CC(C)Cc1noc(C2CNC2)n1. The van der Waals surface area contributed by atoms with E-state index in [1.165, 1.54) is 0 Å². The van der Waals surface area contributed by atoms with Gasteiger partial charge in [-0.05, 0) is 5.92 Å². The fourth-order valence-electron chi connectivity index (χ4n) is 1.34. The van der Waals surface area contributed by atoms with E-state index in [9.17, 15) is 0 Å². The van der Waals surface area contributed by atoms with E-state index in [4.69, 9.17) is 4.52 Å². The van der Waals surface area contributed by atoms with E-state index in [2.05, 4.69) is 29.3 Å². The minimum Gasteiger partial charge on any atom is -0.339 e. The molecule has 0 bridgehead atoms. The molecule has 1 aliphatic rings. The molecule has 13 heavy (non-hydrogen) atoms. The summed E-state index contributed by atoms with van der Waals surface area (Å²) in [5.41, 5.74) is 0. The van der Waals surface area contributed by atoms with Crippen LogP contribution in [0.15, 0.2) is 4.52 Å². The summed E-state index contributed by atoms with van der Waals surface area (Å²) in [6.45, 7) is 6.26. The summed E-state index contributed by atoms with van der Waals surface area (Å²) in [6.07, 6.45) is 0.906. The quantitative estimate of drug-likeness (QED) is 0.754. The first-order chi connectivity index (χ1) is 6.25. The molecule has 2 heterocycles. The first-order valence-electron chi connectivity index (χ1n) is 4.79. The van der Waals surface area contributed by atoms with Crippen molar-refractivity contribution >= 4 is 0 Å². The van der Waals surface area contributed by atoms with Crippen molar-refractivity contribution < 1.29 is 4.52 Å².